The molecular formula is C15H28N4O. The summed E-state index contributed by atoms with van der Waals surface area (Å²) in [5, 5.41) is 7.71. The third-order valence-electron chi connectivity index (χ3n) is 3.71. The summed E-state index contributed by atoms with van der Waals surface area (Å²) in [7, 11) is 0. The molecule has 1 unspecified atom stereocenters. The summed E-state index contributed by atoms with van der Waals surface area (Å²) in [5.74, 6) is 2.21. The number of anilines is 1. The molecule has 2 heterocycles. The van der Waals surface area contributed by atoms with Crippen LogP contribution in [-0.4, -0.2) is 35.8 Å². The van der Waals surface area contributed by atoms with Gasteiger partial charge in [-0.25, -0.2) is 0 Å². The Balaban J connectivity index is 1.91. The first-order valence-electron chi connectivity index (χ1n) is 8.00. The lowest BCUT2D eigenvalue weighted by molar-refractivity contribution is 0.337. The number of rotatable bonds is 8. The minimum Gasteiger partial charge on any atom is -0.338 e. The van der Waals surface area contributed by atoms with Crippen molar-refractivity contribution in [2.75, 3.05) is 24.5 Å². The van der Waals surface area contributed by atoms with Crippen molar-refractivity contribution < 1.29 is 4.52 Å². The predicted octanol–water partition coefficient (Wildman–Crippen LogP) is 2.63. The molecule has 0 bridgehead atoms. The number of aromatic nitrogens is 2. The van der Waals surface area contributed by atoms with Gasteiger partial charge in [-0.15, -0.1) is 0 Å². The van der Waals surface area contributed by atoms with E-state index in [9.17, 15) is 0 Å². The van der Waals surface area contributed by atoms with Gasteiger partial charge in [0.2, 0.25) is 5.89 Å². The molecule has 114 valence electrons. The quantitative estimate of drug-likeness (QED) is 0.793. The van der Waals surface area contributed by atoms with E-state index in [-0.39, 0.29) is 0 Å². The van der Waals surface area contributed by atoms with Crippen LogP contribution in [-0.2, 0) is 6.42 Å². The Hall–Kier alpha value is -1.10. The zero-order chi connectivity index (χ0) is 14.4. The Kier molecular flexibility index (Phi) is 5.83. The zero-order valence-electron chi connectivity index (χ0n) is 13.1. The van der Waals surface area contributed by atoms with Crippen molar-refractivity contribution in [1.29, 1.82) is 0 Å². The SMILES string of the molecule is CCCNC(Cc1nc(N2CCCC2)no1)CC(C)C. The van der Waals surface area contributed by atoms with Gasteiger partial charge in [-0.3, -0.25) is 0 Å². The number of hydrogen-bond donors (Lipinski definition) is 1. The van der Waals surface area contributed by atoms with Crippen LogP contribution in [0.15, 0.2) is 4.52 Å². The Labute approximate surface area is 122 Å². The largest absolute Gasteiger partial charge is 0.338 e. The Morgan fingerprint density at radius 2 is 2.05 bits per heavy atom. The smallest absolute Gasteiger partial charge is 0.266 e. The minimum atomic E-state index is 0.432. The van der Waals surface area contributed by atoms with E-state index in [0.29, 0.717) is 12.0 Å². The van der Waals surface area contributed by atoms with Gasteiger partial charge in [0.1, 0.15) is 0 Å². The monoisotopic (exact) mass is 280 g/mol. The van der Waals surface area contributed by atoms with Gasteiger partial charge in [-0.2, -0.15) is 4.98 Å². The van der Waals surface area contributed by atoms with E-state index in [1.54, 1.807) is 0 Å². The molecule has 0 saturated carbocycles. The van der Waals surface area contributed by atoms with Gasteiger partial charge in [0.05, 0.1) is 0 Å². The second kappa shape index (κ2) is 7.62. The van der Waals surface area contributed by atoms with E-state index in [0.717, 1.165) is 50.7 Å². The highest BCUT2D eigenvalue weighted by atomic mass is 16.5. The molecule has 0 aromatic carbocycles. The summed E-state index contributed by atoms with van der Waals surface area (Å²) in [5.41, 5.74) is 0. The molecule has 1 aliphatic rings. The summed E-state index contributed by atoms with van der Waals surface area (Å²) in [6.07, 6.45) is 5.59. The molecule has 1 saturated heterocycles. The fourth-order valence-electron chi connectivity index (χ4n) is 2.74. The van der Waals surface area contributed by atoms with Crippen LogP contribution in [0.4, 0.5) is 5.95 Å². The summed E-state index contributed by atoms with van der Waals surface area (Å²) >= 11 is 0. The maximum Gasteiger partial charge on any atom is 0.266 e. The van der Waals surface area contributed by atoms with Crippen LogP contribution < -0.4 is 10.2 Å². The van der Waals surface area contributed by atoms with Gasteiger partial charge in [-0.05, 0) is 43.3 Å². The molecule has 0 spiro atoms. The van der Waals surface area contributed by atoms with Crippen molar-refractivity contribution in [3.8, 4) is 0 Å². The van der Waals surface area contributed by atoms with Gasteiger partial charge in [0.15, 0.2) is 0 Å². The van der Waals surface area contributed by atoms with Crippen LogP contribution in [0.5, 0.6) is 0 Å². The average Bonchev–Trinajstić information content (AvgIpc) is 3.05. The lowest BCUT2D eigenvalue weighted by Gasteiger charge is -2.18. The fourth-order valence-corrected chi connectivity index (χ4v) is 2.74. The normalized spacial score (nSPS) is 17.1. The van der Waals surface area contributed by atoms with Crippen molar-refractivity contribution in [3.05, 3.63) is 5.89 Å². The lowest BCUT2D eigenvalue weighted by atomic mass is 10.0. The molecule has 0 aliphatic carbocycles. The molecule has 0 amide bonds. The number of nitrogens with one attached hydrogen (secondary N) is 1. The molecule has 1 aliphatic heterocycles. The third-order valence-corrected chi connectivity index (χ3v) is 3.71. The summed E-state index contributed by atoms with van der Waals surface area (Å²) in [6, 6.07) is 0.432. The topological polar surface area (TPSA) is 54.2 Å². The molecule has 1 atom stereocenters. The van der Waals surface area contributed by atoms with Crippen LogP contribution >= 0.6 is 0 Å². The molecular weight excluding hydrogens is 252 g/mol. The fraction of sp³-hybridized carbons (Fsp3) is 0.867. The number of hydrogen-bond acceptors (Lipinski definition) is 5. The number of nitrogens with zero attached hydrogens (tertiary/aromatic N) is 3. The molecule has 20 heavy (non-hydrogen) atoms. The molecule has 1 fully saturated rings. The molecule has 1 aromatic heterocycles. The lowest BCUT2D eigenvalue weighted by Crippen LogP contribution is -2.33. The molecule has 0 radical (unpaired) electrons. The van der Waals surface area contributed by atoms with Crippen molar-refractivity contribution in [2.24, 2.45) is 5.92 Å². The van der Waals surface area contributed by atoms with E-state index in [2.05, 4.69) is 41.1 Å². The zero-order valence-corrected chi connectivity index (χ0v) is 13.1. The second-order valence-electron chi connectivity index (χ2n) is 6.17. The van der Waals surface area contributed by atoms with Crippen molar-refractivity contribution in [2.45, 2.75) is 58.9 Å². The summed E-state index contributed by atoms with van der Waals surface area (Å²) in [4.78, 5) is 6.77. The van der Waals surface area contributed by atoms with Crippen molar-refractivity contribution in [3.63, 3.8) is 0 Å². The highest BCUT2D eigenvalue weighted by Crippen LogP contribution is 2.17. The van der Waals surface area contributed by atoms with Gasteiger partial charge < -0.3 is 14.7 Å². The molecule has 5 nitrogen and oxygen atoms in total. The Morgan fingerprint density at radius 3 is 2.70 bits per heavy atom. The molecule has 1 aromatic rings. The first-order chi connectivity index (χ1) is 9.69. The van der Waals surface area contributed by atoms with Crippen LogP contribution in [0.3, 0.4) is 0 Å². The first kappa shape index (κ1) is 15.3. The highest BCUT2D eigenvalue weighted by Gasteiger charge is 2.20. The third kappa shape index (κ3) is 4.47. The van der Waals surface area contributed by atoms with Gasteiger partial charge in [0.25, 0.3) is 5.95 Å². The highest BCUT2D eigenvalue weighted by molar-refractivity contribution is 5.28. The van der Waals surface area contributed by atoms with Crippen LogP contribution in [0.1, 0.15) is 52.3 Å². The van der Waals surface area contributed by atoms with Gasteiger partial charge in [0, 0.05) is 25.6 Å². The summed E-state index contributed by atoms with van der Waals surface area (Å²) in [6.45, 7) is 9.86. The molecule has 5 heteroatoms. The first-order valence-corrected chi connectivity index (χ1v) is 8.00. The predicted molar refractivity (Wildman–Crippen MR) is 81.0 cm³/mol. The van der Waals surface area contributed by atoms with Crippen LogP contribution in [0.25, 0.3) is 0 Å². The maximum absolute atomic E-state index is 5.43. The van der Waals surface area contributed by atoms with E-state index in [1.165, 1.54) is 12.8 Å². The van der Waals surface area contributed by atoms with E-state index >= 15 is 0 Å². The Morgan fingerprint density at radius 1 is 1.30 bits per heavy atom. The van der Waals surface area contributed by atoms with Gasteiger partial charge >= 0.3 is 0 Å². The van der Waals surface area contributed by atoms with Crippen LogP contribution in [0.2, 0.25) is 0 Å². The molecule has 2 rings (SSSR count). The van der Waals surface area contributed by atoms with E-state index in [4.69, 9.17) is 4.52 Å². The average molecular weight is 280 g/mol. The van der Waals surface area contributed by atoms with Crippen molar-refractivity contribution >= 4 is 5.95 Å². The van der Waals surface area contributed by atoms with Gasteiger partial charge in [-0.1, -0.05) is 20.8 Å². The van der Waals surface area contributed by atoms with Crippen molar-refractivity contribution in [1.82, 2.24) is 15.5 Å². The van der Waals surface area contributed by atoms with Crippen LogP contribution in [0, 0.1) is 5.92 Å². The minimum absolute atomic E-state index is 0.432. The Bertz CT molecular complexity index is 385. The standard InChI is InChI=1S/C15H28N4O/c1-4-7-16-13(10-12(2)3)11-14-17-15(18-20-14)19-8-5-6-9-19/h12-13,16H,4-11H2,1-3H3. The maximum atomic E-state index is 5.43. The second-order valence-corrected chi connectivity index (χ2v) is 6.17. The van der Waals surface area contributed by atoms with E-state index in [1.807, 2.05) is 0 Å². The van der Waals surface area contributed by atoms with E-state index < -0.39 is 0 Å². The summed E-state index contributed by atoms with van der Waals surface area (Å²) < 4.78 is 5.43. The molecule has 1 N–H and O–H groups in total.